The Kier molecular flexibility index (Phi) is 2.28. The van der Waals surface area contributed by atoms with Crippen LogP contribution in [0.25, 0.3) is 0 Å². The molecule has 11 heavy (non-hydrogen) atoms. The summed E-state index contributed by atoms with van der Waals surface area (Å²) in [7, 11) is 3.85. The number of rotatable bonds is 2. The Bertz CT molecular complexity index is 243. The van der Waals surface area contributed by atoms with Gasteiger partial charge in [0.1, 0.15) is 16.5 Å². The molecule has 5 heteroatoms. The van der Waals surface area contributed by atoms with Gasteiger partial charge in [0.15, 0.2) is 0 Å². The van der Waals surface area contributed by atoms with Crippen molar-refractivity contribution in [1.82, 2.24) is 10.2 Å². The topological polar surface area (TPSA) is 57.9 Å². The molecule has 62 valence electrons. The highest BCUT2D eigenvalue weighted by Crippen LogP contribution is 2.27. The molecule has 0 atom stereocenters. The van der Waals surface area contributed by atoms with Gasteiger partial charge < -0.3 is 10.6 Å². The first-order chi connectivity index (χ1) is 5.16. The highest BCUT2D eigenvalue weighted by atomic mass is 32.2. The number of nitrogens with one attached hydrogen (secondary N) is 1. The molecule has 4 nitrogen and oxygen atoms in total. The molecule has 0 radical (unpaired) electrons. The fourth-order valence-corrected chi connectivity index (χ4v) is 1.28. The van der Waals surface area contributed by atoms with E-state index in [1.54, 1.807) is 0 Å². The van der Waals surface area contributed by atoms with Crippen molar-refractivity contribution in [2.24, 2.45) is 0 Å². The van der Waals surface area contributed by atoms with Crippen molar-refractivity contribution in [3.8, 4) is 0 Å². The number of aromatic amines is 1. The smallest absolute Gasteiger partial charge is 0.148 e. The summed E-state index contributed by atoms with van der Waals surface area (Å²) in [6, 6.07) is 0. The number of hydrogen-bond donors (Lipinski definition) is 2. The summed E-state index contributed by atoms with van der Waals surface area (Å²) in [5.41, 5.74) is 6.48. The van der Waals surface area contributed by atoms with E-state index in [9.17, 15) is 0 Å². The predicted octanol–water partition coefficient (Wildman–Crippen LogP) is 0.780. The molecule has 0 amide bonds. The number of aromatic nitrogens is 2. The van der Waals surface area contributed by atoms with Crippen LogP contribution in [0.2, 0.25) is 0 Å². The van der Waals surface area contributed by atoms with Crippen molar-refractivity contribution in [2.75, 3.05) is 31.0 Å². The van der Waals surface area contributed by atoms with Crippen LogP contribution in [0.3, 0.4) is 0 Å². The third-order valence-electron chi connectivity index (χ3n) is 1.39. The Morgan fingerprint density at radius 3 is 2.45 bits per heavy atom. The number of H-pyrrole nitrogens is 1. The van der Waals surface area contributed by atoms with E-state index in [1.165, 1.54) is 11.8 Å². The second kappa shape index (κ2) is 3.04. The number of hydrogen-bond acceptors (Lipinski definition) is 4. The van der Waals surface area contributed by atoms with Crippen molar-refractivity contribution in [1.29, 1.82) is 0 Å². The lowest BCUT2D eigenvalue weighted by Crippen LogP contribution is -2.10. The maximum atomic E-state index is 5.76. The molecule has 0 aromatic carbocycles. The van der Waals surface area contributed by atoms with Gasteiger partial charge in [0.05, 0.1) is 0 Å². The number of thioether (sulfide) groups is 1. The van der Waals surface area contributed by atoms with Crippen molar-refractivity contribution in [3.05, 3.63) is 0 Å². The Morgan fingerprint density at radius 1 is 1.55 bits per heavy atom. The zero-order valence-corrected chi connectivity index (χ0v) is 7.70. The monoisotopic (exact) mass is 172 g/mol. The maximum absolute atomic E-state index is 5.76. The van der Waals surface area contributed by atoms with E-state index < -0.39 is 0 Å². The highest BCUT2D eigenvalue weighted by molar-refractivity contribution is 7.98. The molecule has 1 aromatic heterocycles. The van der Waals surface area contributed by atoms with E-state index in [0.717, 1.165) is 16.5 Å². The molecule has 1 heterocycles. The minimum absolute atomic E-state index is 0.725. The Labute approximate surface area is 70.1 Å². The van der Waals surface area contributed by atoms with Crippen molar-refractivity contribution in [3.63, 3.8) is 0 Å². The van der Waals surface area contributed by atoms with Gasteiger partial charge in [-0.2, -0.15) is 5.10 Å². The minimum Gasteiger partial charge on any atom is -0.393 e. The van der Waals surface area contributed by atoms with Gasteiger partial charge in [-0.15, -0.1) is 11.8 Å². The van der Waals surface area contributed by atoms with Crippen LogP contribution in [0.4, 0.5) is 11.5 Å². The van der Waals surface area contributed by atoms with Gasteiger partial charge in [-0.05, 0) is 6.26 Å². The number of nitrogens with two attached hydrogens (primary N) is 1. The van der Waals surface area contributed by atoms with Gasteiger partial charge in [-0.25, -0.2) is 0 Å². The fourth-order valence-electron chi connectivity index (χ4n) is 0.822. The van der Waals surface area contributed by atoms with Crippen molar-refractivity contribution >= 4 is 23.3 Å². The van der Waals surface area contributed by atoms with E-state index in [1.807, 2.05) is 25.3 Å². The summed E-state index contributed by atoms with van der Waals surface area (Å²) < 4.78 is 0. The molecule has 0 aliphatic heterocycles. The van der Waals surface area contributed by atoms with Crippen molar-refractivity contribution < 1.29 is 0 Å². The molecule has 0 aliphatic rings. The lowest BCUT2D eigenvalue weighted by molar-refractivity contribution is 0.973. The summed E-state index contributed by atoms with van der Waals surface area (Å²) in [5.74, 6) is 0.870. The molecule has 1 rings (SSSR count). The second-order valence-electron chi connectivity index (χ2n) is 2.39. The number of anilines is 2. The van der Waals surface area contributed by atoms with Gasteiger partial charge in [-0.3, -0.25) is 5.10 Å². The average molecular weight is 172 g/mol. The second-order valence-corrected chi connectivity index (χ2v) is 3.18. The molecule has 0 fully saturated rings. The van der Waals surface area contributed by atoms with E-state index in [4.69, 9.17) is 5.73 Å². The van der Waals surface area contributed by atoms with Crippen LogP contribution in [0, 0.1) is 0 Å². The van der Waals surface area contributed by atoms with Crippen LogP contribution in [-0.4, -0.2) is 30.5 Å². The van der Waals surface area contributed by atoms with Crippen LogP contribution in [-0.2, 0) is 0 Å². The molecule has 0 spiro atoms. The van der Waals surface area contributed by atoms with E-state index in [2.05, 4.69) is 10.2 Å². The van der Waals surface area contributed by atoms with Gasteiger partial charge >= 0.3 is 0 Å². The highest BCUT2D eigenvalue weighted by Gasteiger charge is 2.09. The summed E-state index contributed by atoms with van der Waals surface area (Å²) >= 11 is 1.54. The Balaban J connectivity index is 3.00. The normalized spacial score (nSPS) is 10.1. The standard InChI is InChI=1S/C6H12N4S/c1-10(2)5-4(7)6(11-3)9-8-5/h7H2,1-3H3,(H,8,9). The van der Waals surface area contributed by atoms with Crippen LogP contribution >= 0.6 is 11.8 Å². The zero-order chi connectivity index (χ0) is 8.43. The summed E-state index contributed by atoms with van der Waals surface area (Å²) in [6.07, 6.45) is 1.95. The molecule has 1 aromatic rings. The van der Waals surface area contributed by atoms with Gasteiger partial charge in [0.25, 0.3) is 0 Å². The molecule has 0 saturated carbocycles. The quantitative estimate of drug-likeness (QED) is 0.647. The maximum Gasteiger partial charge on any atom is 0.148 e. The molecule has 0 aliphatic carbocycles. The molecule has 0 saturated heterocycles. The third-order valence-corrected chi connectivity index (χ3v) is 2.09. The van der Waals surface area contributed by atoms with Gasteiger partial charge in [0, 0.05) is 14.1 Å². The lowest BCUT2D eigenvalue weighted by atomic mass is 10.5. The van der Waals surface area contributed by atoms with E-state index in [-0.39, 0.29) is 0 Å². The predicted molar refractivity (Wildman–Crippen MR) is 49.1 cm³/mol. The number of nitrogen functional groups attached to an aromatic ring is 1. The Morgan fingerprint density at radius 2 is 2.18 bits per heavy atom. The summed E-state index contributed by atoms with van der Waals surface area (Å²) in [4.78, 5) is 1.90. The van der Waals surface area contributed by atoms with Crippen LogP contribution in [0.5, 0.6) is 0 Å². The average Bonchev–Trinajstić information content (AvgIpc) is 2.30. The van der Waals surface area contributed by atoms with Gasteiger partial charge in [-0.1, -0.05) is 0 Å². The summed E-state index contributed by atoms with van der Waals surface area (Å²) in [5, 5.41) is 7.74. The lowest BCUT2D eigenvalue weighted by Gasteiger charge is -2.09. The van der Waals surface area contributed by atoms with E-state index >= 15 is 0 Å². The molecular formula is C6H12N4S. The van der Waals surface area contributed by atoms with Crippen LogP contribution in [0.1, 0.15) is 0 Å². The summed E-state index contributed by atoms with van der Waals surface area (Å²) in [6.45, 7) is 0. The molecular weight excluding hydrogens is 160 g/mol. The SMILES string of the molecule is CSc1n[nH]c(N(C)C)c1N. The molecule has 0 bridgehead atoms. The minimum atomic E-state index is 0.725. The molecule has 3 N–H and O–H groups in total. The third kappa shape index (κ3) is 1.42. The Hall–Kier alpha value is -0.840. The molecule has 0 unspecified atom stereocenters. The first-order valence-electron chi connectivity index (χ1n) is 3.22. The zero-order valence-electron chi connectivity index (χ0n) is 6.88. The first kappa shape index (κ1) is 8.26. The van der Waals surface area contributed by atoms with Crippen molar-refractivity contribution in [2.45, 2.75) is 5.03 Å². The van der Waals surface area contributed by atoms with Crippen LogP contribution in [0.15, 0.2) is 5.03 Å². The van der Waals surface area contributed by atoms with E-state index in [0.29, 0.717) is 0 Å². The fraction of sp³-hybridized carbons (Fsp3) is 0.500. The number of nitrogens with zero attached hydrogens (tertiary/aromatic N) is 2. The largest absolute Gasteiger partial charge is 0.393 e. The first-order valence-corrected chi connectivity index (χ1v) is 4.44. The van der Waals surface area contributed by atoms with Crippen LogP contribution < -0.4 is 10.6 Å². The van der Waals surface area contributed by atoms with Gasteiger partial charge in [0.2, 0.25) is 0 Å².